The molecule has 0 aliphatic carbocycles. The molecule has 2 fully saturated rings. The third kappa shape index (κ3) is 6.60. The topological polar surface area (TPSA) is 88.8 Å². The standard InChI is InChI=1S/C31H41BrN6O2/c1-3-39-27-18-22(19-28(29(27)32)40-4-2)21-37-16-10-23(11-17-37)26-9-15-36-30(24-6-5-12-35-20-24)31(26)38(33)25-7-13-34-14-8-25/h5-6,9,12,15,18-20,23,25,34H,3-4,7-8,10-11,13-14,16-17,21,33H2,1-2H3. The Labute approximate surface area is 246 Å². The second kappa shape index (κ2) is 13.8. The molecule has 0 unspecified atom stereocenters. The molecule has 0 radical (unpaired) electrons. The first-order chi connectivity index (χ1) is 19.6. The molecule has 40 heavy (non-hydrogen) atoms. The number of likely N-dealkylation sites (tertiary alicyclic amines) is 1. The Kier molecular flexibility index (Phi) is 9.91. The summed E-state index contributed by atoms with van der Waals surface area (Å²) in [6.07, 6.45) is 9.81. The number of nitrogens with one attached hydrogen (secondary N) is 1. The third-order valence-electron chi connectivity index (χ3n) is 7.95. The van der Waals surface area contributed by atoms with Crippen molar-refractivity contribution in [3.63, 3.8) is 0 Å². The smallest absolute Gasteiger partial charge is 0.137 e. The van der Waals surface area contributed by atoms with E-state index < -0.39 is 0 Å². The van der Waals surface area contributed by atoms with Crippen molar-refractivity contribution in [1.82, 2.24) is 20.2 Å². The van der Waals surface area contributed by atoms with Crippen LogP contribution in [0.3, 0.4) is 0 Å². The Balaban J connectivity index is 1.36. The van der Waals surface area contributed by atoms with Crippen LogP contribution < -0.4 is 25.6 Å². The number of rotatable bonds is 10. The number of halogens is 1. The highest BCUT2D eigenvalue weighted by Gasteiger charge is 2.29. The predicted molar refractivity (Wildman–Crippen MR) is 164 cm³/mol. The maximum Gasteiger partial charge on any atom is 0.137 e. The minimum absolute atomic E-state index is 0.288. The average Bonchev–Trinajstić information content (AvgIpc) is 3.00. The molecule has 9 heteroatoms. The molecule has 2 aliphatic heterocycles. The number of aromatic nitrogens is 2. The molecule has 1 aromatic carbocycles. The van der Waals surface area contributed by atoms with Gasteiger partial charge in [0.05, 0.1) is 24.6 Å². The highest BCUT2D eigenvalue weighted by Crippen LogP contribution is 2.41. The van der Waals surface area contributed by atoms with Gasteiger partial charge < -0.3 is 19.8 Å². The number of piperidine rings is 2. The summed E-state index contributed by atoms with van der Waals surface area (Å²) < 4.78 is 12.7. The van der Waals surface area contributed by atoms with E-state index in [4.69, 9.17) is 20.3 Å². The average molecular weight is 610 g/mol. The van der Waals surface area contributed by atoms with Gasteiger partial charge in [0.25, 0.3) is 0 Å². The van der Waals surface area contributed by atoms with Crippen LogP contribution in [0.4, 0.5) is 5.69 Å². The van der Waals surface area contributed by atoms with E-state index in [-0.39, 0.29) is 6.04 Å². The molecule has 214 valence electrons. The molecule has 4 heterocycles. The minimum atomic E-state index is 0.288. The summed E-state index contributed by atoms with van der Waals surface area (Å²) in [5.74, 6) is 9.03. The molecule has 5 rings (SSSR count). The van der Waals surface area contributed by atoms with Crippen LogP contribution in [0.5, 0.6) is 11.5 Å². The largest absolute Gasteiger partial charge is 0.493 e. The van der Waals surface area contributed by atoms with Crippen LogP contribution >= 0.6 is 15.9 Å². The fourth-order valence-electron chi connectivity index (χ4n) is 5.95. The quantitative estimate of drug-likeness (QED) is 0.230. The van der Waals surface area contributed by atoms with E-state index in [9.17, 15) is 0 Å². The number of benzene rings is 1. The Morgan fingerprint density at radius 3 is 2.35 bits per heavy atom. The van der Waals surface area contributed by atoms with Crippen molar-refractivity contribution in [2.45, 2.75) is 58.0 Å². The fraction of sp³-hybridized carbons (Fsp3) is 0.484. The molecular formula is C31H41BrN6O2. The molecule has 2 aromatic heterocycles. The number of pyridine rings is 2. The molecule has 0 bridgehead atoms. The highest BCUT2D eigenvalue weighted by atomic mass is 79.9. The van der Waals surface area contributed by atoms with Gasteiger partial charge in [-0.1, -0.05) is 0 Å². The summed E-state index contributed by atoms with van der Waals surface area (Å²) in [4.78, 5) is 11.7. The summed E-state index contributed by atoms with van der Waals surface area (Å²) in [6, 6.07) is 10.8. The third-order valence-corrected chi connectivity index (χ3v) is 8.73. The molecule has 8 nitrogen and oxygen atoms in total. The number of hydrazine groups is 1. The van der Waals surface area contributed by atoms with Gasteiger partial charge in [0.2, 0.25) is 0 Å². The van der Waals surface area contributed by atoms with Crippen molar-refractivity contribution < 1.29 is 9.47 Å². The molecule has 2 aliphatic rings. The predicted octanol–water partition coefficient (Wildman–Crippen LogP) is 5.52. The maximum absolute atomic E-state index is 6.94. The van der Waals surface area contributed by atoms with Crippen LogP contribution in [-0.2, 0) is 6.54 Å². The Morgan fingerprint density at radius 2 is 1.73 bits per heavy atom. The summed E-state index contributed by atoms with van der Waals surface area (Å²) in [5, 5.41) is 5.48. The van der Waals surface area contributed by atoms with Crippen molar-refractivity contribution in [2.24, 2.45) is 5.84 Å². The van der Waals surface area contributed by atoms with Crippen molar-refractivity contribution in [3.8, 4) is 22.8 Å². The minimum Gasteiger partial charge on any atom is -0.493 e. The van der Waals surface area contributed by atoms with Crippen LogP contribution in [0.1, 0.15) is 56.6 Å². The molecule has 0 spiro atoms. The summed E-state index contributed by atoms with van der Waals surface area (Å²) in [6.45, 7) is 10.1. The van der Waals surface area contributed by atoms with Gasteiger partial charge in [-0.2, -0.15) is 0 Å². The van der Waals surface area contributed by atoms with Gasteiger partial charge in [0.15, 0.2) is 0 Å². The number of hydrogen-bond acceptors (Lipinski definition) is 8. The van der Waals surface area contributed by atoms with E-state index in [0.717, 1.165) is 91.3 Å². The first-order valence-corrected chi connectivity index (χ1v) is 15.3. The number of nitrogens with two attached hydrogens (primary N) is 1. The Morgan fingerprint density at radius 1 is 1.02 bits per heavy atom. The van der Waals surface area contributed by atoms with Gasteiger partial charge in [-0.25, -0.2) is 5.84 Å². The van der Waals surface area contributed by atoms with E-state index in [1.807, 2.05) is 37.3 Å². The van der Waals surface area contributed by atoms with E-state index >= 15 is 0 Å². The van der Waals surface area contributed by atoms with Gasteiger partial charge in [-0.05, 0) is 129 Å². The van der Waals surface area contributed by atoms with Crippen LogP contribution in [0, 0.1) is 0 Å². The first kappa shape index (κ1) is 28.8. The van der Waals surface area contributed by atoms with Gasteiger partial charge >= 0.3 is 0 Å². The number of ether oxygens (including phenoxy) is 2. The van der Waals surface area contributed by atoms with Crippen molar-refractivity contribution in [2.75, 3.05) is 44.4 Å². The molecule has 0 amide bonds. The van der Waals surface area contributed by atoms with Gasteiger partial charge in [-0.15, -0.1) is 0 Å². The molecule has 3 N–H and O–H groups in total. The van der Waals surface area contributed by atoms with Crippen LogP contribution in [0.2, 0.25) is 0 Å². The SMILES string of the molecule is CCOc1cc(CN2CCC(c3ccnc(-c4cccnc4)c3N(N)C3CCNCC3)CC2)cc(OCC)c1Br. The lowest BCUT2D eigenvalue weighted by atomic mass is 9.87. The van der Waals surface area contributed by atoms with Gasteiger partial charge in [-0.3, -0.25) is 14.9 Å². The Bertz CT molecular complexity index is 1220. The summed E-state index contributed by atoms with van der Waals surface area (Å²) in [5.41, 5.74) is 5.51. The molecular weight excluding hydrogens is 568 g/mol. The summed E-state index contributed by atoms with van der Waals surface area (Å²) >= 11 is 3.66. The normalized spacial score (nSPS) is 17.1. The van der Waals surface area contributed by atoms with E-state index in [1.165, 1.54) is 11.1 Å². The monoisotopic (exact) mass is 608 g/mol. The molecule has 0 saturated carbocycles. The molecule has 2 saturated heterocycles. The lowest BCUT2D eigenvalue weighted by Crippen LogP contribution is -2.48. The lowest BCUT2D eigenvalue weighted by molar-refractivity contribution is 0.204. The zero-order chi connectivity index (χ0) is 27.9. The van der Waals surface area contributed by atoms with E-state index in [1.54, 1.807) is 6.20 Å². The first-order valence-electron chi connectivity index (χ1n) is 14.5. The van der Waals surface area contributed by atoms with Gasteiger partial charge in [0, 0.05) is 36.7 Å². The number of hydrogen-bond donors (Lipinski definition) is 2. The molecule has 3 aromatic rings. The second-order valence-corrected chi connectivity index (χ2v) is 11.3. The molecule has 0 atom stereocenters. The number of anilines is 1. The van der Waals surface area contributed by atoms with Gasteiger partial charge in [0.1, 0.15) is 16.0 Å². The zero-order valence-corrected chi connectivity index (χ0v) is 25.2. The summed E-state index contributed by atoms with van der Waals surface area (Å²) in [7, 11) is 0. The van der Waals surface area contributed by atoms with Crippen LogP contribution in [0.25, 0.3) is 11.3 Å². The highest BCUT2D eigenvalue weighted by molar-refractivity contribution is 9.10. The van der Waals surface area contributed by atoms with Crippen molar-refractivity contribution in [1.29, 1.82) is 0 Å². The van der Waals surface area contributed by atoms with Crippen molar-refractivity contribution >= 4 is 21.6 Å². The van der Waals surface area contributed by atoms with Crippen LogP contribution in [-0.4, -0.2) is 60.3 Å². The number of nitrogens with zero attached hydrogens (tertiary/aromatic N) is 4. The lowest BCUT2D eigenvalue weighted by Gasteiger charge is -2.38. The Hall–Kier alpha value is -2.72. The van der Waals surface area contributed by atoms with E-state index in [2.05, 4.69) is 55.4 Å². The maximum atomic E-state index is 6.94. The second-order valence-electron chi connectivity index (χ2n) is 10.6. The zero-order valence-electron chi connectivity index (χ0n) is 23.6. The van der Waals surface area contributed by atoms with E-state index in [0.29, 0.717) is 19.1 Å². The van der Waals surface area contributed by atoms with Crippen molar-refractivity contribution in [3.05, 3.63) is 64.5 Å². The fourth-order valence-corrected chi connectivity index (χ4v) is 6.41. The van der Waals surface area contributed by atoms with Crippen LogP contribution in [0.15, 0.2) is 53.4 Å².